The van der Waals surface area contributed by atoms with Gasteiger partial charge in [-0.15, -0.1) is 0 Å². The van der Waals surface area contributed by atoms with Crippen molar-refractivity contribution in [3.8, 4) is 0 Å². The molecule has 0 saturated carbocycles. The number of rotatable bonds is 4. The molecule has 0 bridgehead atoms. The Bertz CT molecular complexity index is 511. The number of hydrogen-bond acceptors (Lipinski definition) is 2. The van der Waals surface area contributed by atoms with E-state index in [1.165, 1.54) is 11.4 Å². The lowest BCUT2D eigenvalue weighted by Crippen LogP contribution is -2.18. The third-order valence-electron chi connectivity index (χ3n) is 2.94. The smallest absolute Gasteiger partial charge is 0.0456 e. The van der Waals surface area contributed by atoms with Crippen LogP contribution in [0.25, 0.3) is 0 Å². The van der Waals surface area contributed by atoms with Crippen LogP contribution in [0, 0.1) is 0 Å². The number of para-hydroxylation sites is 1. The monoisotopic (exact) mass is 304 g/mol. The van der Waals surface area contributed by atoms with Crippen LogP contribution in [-0.4, -0.2) is 6.54 Å². The van der Waals surface area contributed by atoms with Crippen LogP contribution in [0.5, 0.6) is 0 Å². The average molecular weight is 305 g/mol. The third kappa shape index (κ3) is 2.74. The minimum Gasteiger partial charge on any atom is -0.342 e. The standard InChI is InChI=1S/C15H17BrN2/c1-2-18(14-6-4-3-5-7-14)15-9-8-13(16)10-12(15)11-17/h3-10H,2,11,17H2,1H3. The fourth-order valence-electron chi connectivity index (χ4n) is 2.08. The highest BCUT2D eigenvalue weighted by molar-refractivity contribution is 9.10. The molecule has 18 heavy (non-hydrogen) atoms. The molecule has 0 fully saturated rings. The Morgan fingerprint density at radius 3 is 2.44 bits per heavy atom. The Morgan fingerprint density at radius 2 is 1.83 bits per heavy atom. The Balaban J connectivity index is 2.45. The molecule has 0 radical (unpaired) electrons. The fraction of sp³-hybridized carbons (Fsp3) is 0.200. The summed E-state index contributed by atoms with van der Waals surface area (Å²) in [6.45, 7) is 3.60. The summed E-state index contributed by atoms with van der Waals surface area (Å²) in [5.74, 6) is 0. The lowest BCUT2D eigenvalue weighted by atomic mass is 10.1. The molecule has 94 valence electrons. The van der Waals surface area contributed by atoms with Crippen molar-refractivity contribution >= 4 is 27.3 Å². The molecule has 2 rings (SSSR count). The van der Waals surface area contributed by atoms with Crippen molar-refractivity contribution in [1.82, 2.24) is 0 Å². The first-order chi connectivity index (χ1) is 8.76. The van der Waals surface area contributed by atoms with Crippen molar-refractivity contribution in [3.63, 3.8) is 0 Å². The van der Waals surface area contributed by atoms with Gasteiger partial charge >= 0.3 is 0 Å². The predicted octanol–water partition coefficient (Wildman–Crippen LogP) is 4.07. The Labute approximate surface area is 117 Å². The Kier molecular flexibility index (Phi) is 4.39. The molecular formula is C15H17BrN2. The lowest BCUT2D eigenvalue weighted by Gasteiger charge is -2.25. The van der Waals surface area contributed by atoms with Gasteiger partial charge < -0.3 is 10.6 Å². The highest BCUT2D eigenvalue weighted by Crippen LogP contribution is 2.30. The number of benzene rings is 2. The average Bonchev–Trinajstić information content (AvgIpc) is 2.42. The summed E-state index contributed by atoms with van der Waals surface area (Å²) in [7, 11) is 0. The Morgan fingerprint density at radius 1 is 1.11 bits per heavy atom. The Hall–Kier alpha value is -1.32. The summed E-state index contributed by atoms with van der Waals surface area (Å²) >= 11 is 3.49. The molecule has 0 atom stereocenters. The van der Waals surface area contributed by atoms with Crippen molar-refractivity contribution < 1.29 is 0 Å². The van der Waals surface area contributed by atoms with E-state index in [4.69, 9.17) is 5.73 Å². The van der Waals surface area contributed by atoms with Gasteiger partial charge in [0.25, 0.3) is 0 Å². The van der Waals surface area contributed by atoms with Crippen LogP contribution in [0.3, 0.4) is 0 Å². The normalized spacial score (nSPS) is 10.4. The molecule has 0 spiro atoms. The highest BCUT2D eigenvalue weighted by atomic mass is 79.9. The maximum Gasteiger partial charge on any atom is 0.0456 e. The van der Waals surface area contributed by atoms with Gasteiger partial charge in [0, 0.05) is 28.9 Å². The molecule has 0 heterocycles. The van der Waals surface area contributed by atoms with Crippen LogP contribution < -0.4 is 10.6 Å². The van der Waals surface area contributed by atoms with Gasteiger partial charge in [-0.1, -0.05) is 34.1 Å². The minimum absolute atomic E-state index is 0.540. The van der Waals surface area contributed by atoms with Crippen LogP contribution >= 0.6 is 15.9 Å². The van der Waals surface area contributed by atoms with Crippen molar-refractivity contribution in [2.75, 3.05) is 11.4 Å². The molecule has 2 aromatic rings. The van der Waals surface area contributed by atoms with Gasteiger partial charge in [0.2, 0.25) is 0 Å². The minimum atomic E-state index is 0.540. The molecule has 0 amide bonds. The first-order valence-electron chi connectivity index (χ1n) is 6.07. The van der Waals surface area contributed by atoms with Crippen LogP contribution in [0.1, 0.15) is 12.5 Å². The molecule has 2 aromatic carbocycles. The SMILES string of the molecule is CCN(c1ccccc1)c1ccc(Br)cc1CN. The molecule has 0 aromatic heterocycles. The molecule has 0 aliphatic heterocycles. The first kappa shape index (κ1) is 13.1. The van der Waals surface area contributed by atoms with Crippen LogP contribution in [0.2, 0.25) is 0 Å². The zero-order valence-corrected chi connectivity index (χ0v) is 12.0. The van der Waals surface area contributed by atoms with Crippen molar-refractivity contribution in [1.29, 1.82) is 0 Å². The maximum absolute atomic E-state index is 5.84. The molecule has 0 aliphatic rings. The largest absolute Gasteiger partial charge is 0.342 e. The maximum atomic E-state index is 5.84. The third-order valence-corrected chi connectivity index (χ3v) is 3.43. The number of nitrogens with zero attached hydrogens (tertiary/aromatic N) is 1. The summed E-state index contributed by atoms with van der Waals surface area (Å²) < 4.78 is 1.07. The highest BCUT2D eigenvalue weighted by Gasteiger charge is 2.10. The summed E-state index contributed by atoms with van der Waals surface area (Å²) in [6, 6.07) is 16.6. The van der Waals surface area contributed by atoms with E-state index in [-0.39, 0.29) is 0 Å². The van der Waals surface area contributed by atoms with E-state index in [0.717, 1.165) is 16.6 Å². The van der Waals surface area contributed by atoms with Crippen molar-refractivity contribution in [2.24, 2.45) is 5.73 Å². The lowest BCUT2D eigenvalue weighted by molar-refractivity contribution is 0.982. The number of nitrogens with two attached hydrogens (primary N) is 1. The zero-order chi connectivity index (χ0) is 13.0. The van der Waals surface area contributed by atoms with Crippen LogP contribution in [0.15, 0.2) is 53.0 Å². The molecule has 0 saturated heterocycles. The van der Waals surface area contributed by atoms with E-state index in [1.807, 2.05) is 6.07 Å². The number of anilines is 2. The molecule has 2 N–H and O–H groups in total. The molecule has 3 heteroatoms. The van der Waals surface area contributed by atoms with Gasteiger partial charge in [0.15, 0.2) is 0 Å². The molecule has 2 nitrogen and oxygen atoms in total. The summed E-state index contributed by atoms with van der Waals surface area (Å²) in [5.41, 5.74) is 9.36. The summed E-state index contributed by atoms with van der Waals surface area (Å²) in [6.07, 6.45) is 0. The van der Waals surface area contributed by atoms with Gasteiger partial charge in [-0.05, 0) is 42.8 Å². The number of hydrogen-bond donors (Lipinski definition) is 1. The van der Waals surface area contributed by atoms with Gasteiger partial charge in [-0.2, -0.15) is 0 Å². The number of halogens is 1. The van der Waals surface area contributed by atoms with Crippen molar-refractivity contribution in [2.45, 2.75) is 13.5 Å². The van der Waals surface area contributed by atoms with Gasteiger partial charge in [0.1, 0.15) is 0 Å². The molecule has 0 unspecified atom stereocenters. The van der Waals surface area contributed by atoms with E-state index in [2.05, 4.69) is 70.2 Å². The topological polar surface area (TPSA) is 29.3 Å². The second-order valence-corrected chi connectivity index (χ2v) is 4.97. The van der Waals surface area contributed by atoms with Crippen LogP contribution in [0.4, 0.5) is 11.4 Å². The van der Waals surface area contributed by atoms with E-state index >= 15 is 0 Å². The fourth-order valence-corrected chi connectivity index (χ4v) is 2.49. The predicted molar refractivity (Wildman–Crippen MR) is 81.2 cm³/mol. The van der Waals surface area contributed by atoms with Crippen LogP contribution in [-0.2, 0) is 6.54 Å². The first-order valence-corrected chi connectivity index (χ1v) is 6.86. The quantitative estimate of drug-likeness (QED) is 0.922. The van der Waals surface area contributed by atoms with Gasteiger partial charge in [-0.25, -0.2) is 0 Å². The van der Waals surface area contributed by atoms with Crippen molar-refractivity contribution in [3.05, 3.63) is 58.6 Å². The molecule has 0 aliphatic carbocycles. The summed E-state index contributed by atoms with van der Waals surface area (Å²) in [4.78, 5) is 2.27. The van der Waals surface area contributed by atoms with E-state index in [9.17, 15) is 0 Å². The second kappa shape index (κ2) is 6.03. The summed E-state index contributed by atoms with van der Waals surface area (Å²) in [5, 5.41) is 0. The van der Waals surface area contributed by atoms with Gasteiger partial charge in [0.05, 0.1) is 0 Å². The van der Waals surface area contributed by atoms with E-state index in [0.29, 0.717) is 6.54 Å². The van der Waals surface area contributed by atoms with Gasteiger partial charge in [-0.3, -0.25) is 0 Å². The molecular weight excluding hydrogens is 288 g/mol. The second-order valence-electron chi connectivity index (χ2n) is 4.06. The zero-order valence-electron chi connectivity index (χ0n) is 10.4. The van der Waals surface area contributed by atoms with E-state index < -0.39 is 0 Å². The van der Waals surface area contributed by atoms with E-state index in [1.54, 1.807) is 0 Å².